The third-order valence-corrected chi connectivity index (χ3v) is 3.65. The van der Waals surface area contributed by atoms with Gasteiger partial charge in [-0.1, -0.05) is 6.07 Å². The van der Waals surface area contributed by atoms with Crippen LogP contribution in [0.25, 0.3) is 11.0 Å². The molecule has 1 aromatic heterocycles. The normalized spacial score (nSPS) is 15.4. The van der Waals surface area contributed by atoms with Crippen LogP contribution in [-0.4, -0.2) is 41.8 Å². The van der Waals surface area contributed by atoms with E-state index in [2.05, 4.69) is 26.7 Å². The van der Waals surface area contributed by atoms with Crippen LogP contribution in [-0.2, 0) is 6.54 Å². The molecule has 0 saturated carbocycles. The summed E-state index contributed by atoms with van der Waals surface area (Å²) < 4.78 is 7.19. The second-order valence-electron chi connectivity index (χ2n) is 4.94. The van der Waals surface area contributed by atoms with Crippen molar-refractivity contribution in [1.29, 1.82) is 0 Å². The Morgan fingerprint density at radius 3 is 2.86 bits per heavy atom. The van der Waals surface area contributed by atoms with E-state index in [1.54, 1.807) is 6.07 Å². The standard InChI is InChI=1S/C14H19N5O2/c1-2-19-10-4-3-5-11(21-13(15)20)12(10)17-14(19)18-8-6-16-7-9-18/h3-5,16H,2,6-9H2,1H3,(H2,15,20). The summed E-state index contributed by atoms with van der Waals surface area (Å²) >= 11 is 0. The Hall–Kier alpha value is -2.28. The van der Waals surface area contributed by atoms with Crippen molar-refractivity contribution in [3.63, 3.8) is 0 Å². The second kappa shape index (κ2) is 5.61. The zero-order valence-corrected chi connectivity index (χ0v) is 12.0. The molecule has 1 aliphatic heterocycles. The number of hydrogen-bond acceptors (Lipinski definition) is 5. The molecule has 1 amide bonds. The molecule has 0 aliphatic carbocycles. The number of hydrogen-bond donors (Lipinski definition) is 2. The van der Waals surface area contributed by atoms with E-state index in [9.17, 15) is 4.79 Å². The number of nitrogens with two attached hydrogens (primary N) is 1. The number of aryl methyl sites for hydroxylation is 1. The van der Waals surface area contributed by atoms with Gasteiger partial charge in [0.05, 0.1) is 5.52 Å². The Morgan fingerprint density at radius 1 is 1.43 bits per heavy atom. The smallest absolute Gasteiger partial charge is 0.408 e. The summed E-state index contributed by atoms with van der Waals surface area (Å²) in [7, 11) is 0. The van der Waals surface area contributed by atoms with E-state index < -0.39 is 6.09 Å². The van der Waals surface area contributed by atoms with Gasteiger partial charge in [-0.05, 0) is 19.1 Å². The highest BCUT2D eigenvalue weighted by molar-refractivity contribution is 5.87. The Kier molecular flexibility index (Phi) is 3.66. The quantitative estimate of drug-likeness (QED) is 0.877. The number of carbonyl (C=O) groups is 1. The summed E-state index contributed by atoms with van der Waals surface area (Å²) in [5.74, 6) is 1.32. The topological polar surface area (TPSA) is 85.4 Å². The van der Waals surface area contributed by atoms with E-state index in [1.807, 2.05) is 12.1 Å². The summed E-state index contributed by atoms with van der Waals surface area (Å²) in [5, 5.41) is 3.33. The van der Waals surface area contributed by atoms with Crippen molar-refractivity contribution >= 4 is 23.1 Å². The molecular weight excluding hydrogens is 270 g/mol. The number of nitrogens with one attached hydrogen (secondary N) is 1. The van der Waals surface area contributed by atoms with Gasteiger partial charge >= 0.3 is 6.09 Å². The van der Waals surface area contributed by atoms with Crippen LogP contribution < -0.4 is 20.7 Å². The van der Waals surface area contributed by atoms with E-state index in [1.165, 1.54) is 0 Å². The van der Waals surface area contributed by atoms with Crippen molar-refractivity contribution in [2.45, 2.75) is 13.5 Å². The minimum Gasteiger partial charge on any atom is -0.408 e. The van der Waals surface area contributed by atoms with Crippen LogP contribution in [0.2, 0.25) is 0 Å². The first-order valence-electron chi connectivity index (χ1n) is 7.13. The molecular formula is C14H19N5O2. The fourth-order valence-electron chi connectivity index (χ4n) is 2.72. The van der Waals surface area contributed by atoms with E-state index in [0.29, 0.717) is 11.3 Å². The van der Waals surface area contributed by atoms with Gasteiger partial charge in [-0.2, -0.15) is 0 Å². The number of nitrogens with zero attached hydrogens (tertiary/aromatic N) is 3. The van der Waals surface area contributed by atoms with Gasteiger partial charge in [-0.15, -0.1) is 0 Å². The second-order valence-corrected chi connectivity index (χ2v) is 4.94. The number of benzene rings is 1. The summed E-state index contributed by atoms with van der Waals surface area (Å²) in [4.78, 5) is 18.0. The molecule has 3 rings (SSSR count). The molecule has 0 unspecified atom stereocenters. The highest BCUT2D eigenvalue weighted by Gasteiger charge is 2.20. The van der Waals surface area contributed by atoms with Gasteiger partial charge in [0.25, 0.3) is 0 Å². The van der Waals surface area contributed by atoms with Gasteiger partial charge < -0.3 is 25.3 Å². The van der Waals surface area contributed by atoms with Crippen LogP contribution in [0.15, 0.2) is 18.2 Å². The zero-order chi connectivity index (χ0) is 14.8. The fraction of sp³-hybridized carbons (Fsp3) is 0.429. The van der Waals surface area contributed by atoms with Gasteiger partial charge in [0.1, 0.15) is 5.52 Å². The van der Waals surface area contributed by atoms with Gasteiger partial charge in [0.15, 0.2) is 5.75 Å². The fourth-order valence-corrected chi connectivity index (χ4v) is 2.72. The molecule has 0 atom stereocenters. The number of primary amides is 1. The van der Waals surface area contributed by atoms with Crippen molar-refractivity contribution in [2.75, 3.05) is 31.1 Å². The van der Waals surface area contributed by atoms with E-state index >= 15 is 0 Å². The number of piperazine rings is 1. The van der Waals surface area contributed by atoms with Crippen molar-refractivity contribution in [1.82, 2.24) is 14.9 Å². The molecule has 0 radical (unpaired) electrons. The predicted octanol–water partition coefficient (Wildman–Crippen LogP) is 0.923. The third-order valence-electron chi connectivity index (χ3n) is 3.65. The van der Waals surface area contributed by atoms with Crippen LogP contribution in [0.3, 0.4) is 0 Å². The number of para-hydroxylation sites is 1. The molecule has 3 N–H and O–H groups in total. The average molecular weight is 289 g/mol. The average Bonchev–Trinajstić information content (AvgIpc) is 2.87. The first kappa shape index (κ1) is 13.7. The maximum absolute atomic E-state index is 11.0. The van der Waals surface area contributed by atoms with E-state index in [4.69, 9.17) is 10.5 Å². The number of carbonyl (C=O) groups excluding carboxylic acids is 1. The molecule has 1 saturated heterocycles. The maximum Gasteiger partial charge on any atom is 0.410 e. The highest BCUT2D eigenvalue weighted by Crippen LogP contribution is 2.29. The van der Waals surface area contributed by atoms with Crippen molar-refractivity contribution < 1.29 is 9.53 Å². The lowest BCUT2D eigenvalue weighted by Gasteiger charge is -2.28. The largest absolute Gasteiger partial charge is 0.410 e. The van der Waals surface area contributed by atoms with Crippen LogP contribution in [0.4, 0.5) is 10.7 Å². The molecule has 2 aromatic rings. The summed E-state index contributed by atoms with van der Waals surface area (Å²) in [6.07, 6.45) is -0.822. The Bertz CT molecular complexity index is 661. The molecule has 21 heavy (non-hydrogen) atoms. The highest BCUT2D eigenvalue weighted by atomic mass is 16.5. The molecule has 7 nitrogen and oxygen atoms in total. The minimum atomic E-state index is -0.822. The summed E-state index contributed by atoms with van der Waals surface area (Å²) in [6, 6.07) is 5.53. The Labute approximate surface area is 122 Å². The molecule has 2 heterocycles. The number of rotatable bonds is 3. The molecule has 1 aliphatic rings. The number of aromatic nitrogens is 2. The lowest BCUT2D eigenvalue weighted by molar-refractivity contribution is 0.211. The number of ether oxygens (including phenoxy) is 1. The number of imidazole rings is 1. The lowest BCUT2D eigenvalue weighted by atomic mass is 10.3. The Morgan fingerprint density at radius 2 is 2.19 bits per heavy atom. The molecule has 1 fully saturated rings. The van der Waals surface area contributed by atoms with Crippen molar-refractivity contribution in [3.05, 3.63) is 18.2 Å². The van der Waals surface area contributed by atoms with Gasteiger partial charge in [-0.25, -0.2) is 9.78 Å². The van der Waals surface area contributed by atoms with Crippen LogP contribution in [0.1, 0.15) is 6.92 Å². The minimum absolute atomic E-state index is 0.406. The first-order valence-corrected chi connectivity index (χ1v) is 7.13. The van der Waals surface area contributed by atoms with Crippen molar-refractivity contribution in [2.24, 2.45) is 5.73 Å². The predicted molar refractivity (Wildman–Crippen MR) is 80.7 cm³/mol. The van der Waals surface area contributed by atoms with Gasteiger partial charge in [0, 0.05) is 32.7 Å². The summed E-state index contributed by atoms with van der Waals surface area (Å²) in [6.45, 7) is 6.59. The van der Waals surface area contributed by atoms with Crippen molar-refractivity contribution in [3.8, 4) is 5.75 Å². The SMILES string of the molecule is CCn1c(N2CCNCC2)nc2c(OC(N)=O)cccc21. The van der Waals surface area contributed by atoms with Crippen LogP contribution >= 0.6 is 0 Å². The number of amides is 1. The Balaban J connectivity index is 2.09. The lowest BCUT2D eigenvalue weighted by Crippen LogP contribution is -2.44. The van der Waals surface area contributed by atoms with Crippen LogP contribution in [0.5, 0.6) is 5.75 Å². The van der Waals surface area contributed by atoms with Gasteiger partial charge in [0.2, 0.25) is 5.95 Å². The molecule has 112 valence electrons. The molecule has 1 aromatic carbocycles. The van der Waals surface area contributed by atoms with E-state index in [0.717, 1.165) is 44.2 Å². The maximum atomic E-state index is 11.0. The van der Waals surface area contributed by atoms with Gasteiger partial charge in [-0.3, -0.25) is 0 Å². The van der Waals surface area contributed by atoms with E-state index in [-0.39, 0.29) is 0 Å². The molecule has 0 bridgehead atoms. The monoisotopic (exact) mass is 289 g/mol. The number of fused-ring (bicyclic) bond motifs is 1. The van der Waals surface area contributed by atoms with Crippen LogP contribution in [0, 0.1) is 0 Å². The zero-order valence-electron chi connectivity index (χ0n) is 12.0. The third kappa shape index (κ3) is 2.52. The molecule has 7 heteroatoms. The number of anilines is 1. The molecule has 0 spiro atoms. The summed E-state index contributed by atoms with van der Waals surface area (Å²) in [5.41, 5.74) is 6.74. The first-order chi connectivity index (χ1) is 10.2.